The van der Waals surface area contributed by atoms with Crippen molar-refractivity contribution in [2.24, 2.45) is 0 Å². The molecule has 0 N–H and O–H groups in total. The van der Waals surface area contributed by atoms with Crippen molar-refractivity contribution in [2.45, 2.75) is 13.8 Å². The van der Waals surface area contributed by atoms with E-state index in [1.165, 1.54) is 0 Å². The minimum absolute atomic E-state index is 0.591. The van der Waals surface area contributed by atoms with Gasteiger partial charge in [0.25, 0.3) is 0 Å². The summed E-state index contributed by atoms with van der Waals surface area (Å²) in [5, 5.41) is 3.10. The number of hydrogen-bond donors (Lipinski definition) is 0. The Hall–Kier alpha value is -5.88. The zero-order valence-electron chi connectivity index (χ0n) is 24.2. The second-order valence-electron chi connectivity index (χ2n) is 10.9. The van der Waals surface area contributed by atoms with Crippen molar-refractivity contribution in [3.8, 4) is 45.3 Å². The molecule has 208 valence electrons. The molecule has 8 rings (SSSR count). The van der Waals surface area contributed by atoms with Crippen LogP contribution in [0.2, 0.25) is 0 Å². The number of aromatic nitrogens is 6. The lowest BCUT2D eigenvalue weighted by Gasteiger charge is -2.13. The van der Waals surface area contributed by atoms with Crippen molar-refractivity contribution in [1.29, 1.82) is 0 Å². The molecule has 0 spiro atoms. The van der Waals surface area contributed by atoms with E-state index in [1.807, 2.05) is 74.6 Å². The minimum atomic E-state index is 0.591. The quantitative estimate of drug-likeness (QED) is 0.198. The Morgan fingerprint density at radius 2 is 1.09 bits per heavy atom. The predicted octanol–water partition coefficient (Wildman–Crippen LogP) is 8.80. The molecule has 0 aliphatic carbocycles. The molecule has 0 atom stereocenters. The zero-order valence-corrected chi connectivity index (χ0v) is 24.2. The molecule has 0 amide bonds. The summed E-state index contributed by atoms with van der Waals surface area (Å²) in [4.78, 5) is 29.6. The monoisotopic (exact) mass is 566 g/mol. The number of rotatable bonds is 4. The fourth-order valence-corrected chi connectivity index (χ4v) is 5.79. The molecule has 0 saturated heterocycles. The molecule has 0 fully saturated rings. The van der Waals surface area contributed by atoms with Gasteiger partial charge in [-0.15, -0.1) is 0 Å². The summed E-state index contributed by atoms with van der Waals surface area (Å²) >= 11 is 0. The van der Waals surface area contributed by atoms with E-state index in [1.54, 1.807) is 0 Å². The molecule has 4 heterocycles. The van der Waals surface area contributed by atoms with Gasteiger partial charge in [0.1, 0.15) is 0 Å². The number of benzene rings is 4. The van der Waals surface area contributed by atoms with Crippen molar-refractivity contribution in [2.75, 3.05) is 0 Å². The van der Waals surface area contributed by atoms with Crippen LogP contribution in [0.5, 0.6) is 0 Å². The van der Waals surface area contributed by atoms with E-state index in [4.69, 9.17) is 24.9 Å². The van der Waals surface area contributed by atoms with Crippen molar-refractivity contribution in [3.05, 3.63) is 133 Å². The Morgan fingerprint density at radius 1 is 0.409 bits per heavy atom. The highest BCUT2D eigenvalue weighted by Gasteiger charge is 2.17. The molecule has 6 heteroatoms. The number of hydrogen-bond acceptors (Lipinski definition) is 6. The first-order valence-electron chi connectivity index (χ1n) is 14.5. The van der Waals surface area contributed by atoms with Gasteiger partial charge in [-0.05, 0) is 43.7 Å². The average molecular weight is 567 g/mol. The lowest BCUT2D eigenvalue weighted by Crippen LogP contribution is -2.02. The Kier molecular flexibility index (Phi) is 6.12. The lowest BCUT2D eigenvalue weighted by atomic mass is 10.00. The first kappa shape index (κ1) is 25.8. The van der Waals surface area contributed by atoms with Crippen LogP contribution < -0.4 is 0 Å². The van der Waals surface area contributed by atoms with Gasteiger partial charge in [-0.25, -0.2) is 15.0 Å². The van der Waals surface area contributed by atoms with E-state index in [2.05, 4.69) is 65.6 Å². The summed E-state index contributed by atoms with van der Waals surface area (Å²) in [6, 6.07) is 39.0. The fourth-order valence-electron chi connectivity index (χ4n) is 5.79. The maximum atomic E-state index is 5.10. The smallest absolute Gasteiger partial charge is 0.164 e. The first-order valence-corrected chi connectivity index (χ1v) is 14.5. The molecular formula is C38H26N6. The summed E-state index contributed by atoms with van der Waals surface area (Å²) in [6.07, 6.45) is 1.83. The van der Waals surface area contributed by atoms with Crippen LogP contribution in [0.3, 0.4) is 0 Å². The summed E-state index contributed by atoms with van der Waals surface area (Å²) in [6.45, 7) is 4.00. The average Bonchev–Trinajstić information content (AvgIpc) is 3.08. The van der Waals surface area contributed by atoms with Gasteiger partial charge in [0, 0.05) is 56.0 Å². The van der Waals surface area contributed by atoms with Gasteiger partial charge in [0.05, 0.1) is 16.6 Å². The third kappa shape index (κ3) is 4.53. The molecule has 0 radical (unpaired) electrons. The molecule has 0 saturated carbocycles. The minimum Gasteiger partial charge on any atom is -0.256 e. The van der Waals surface area contributed by atoms with Gasteiger partial charge in [0.15, 0.2) is 17.5 Å². The van der Waals surface area contributed by atoms with Gasteiger partial charge in [0.2, 0.25) is 0 Å². The highest BCUT2D eigenvalue weighted by atomic mass is 15.0. The van der Waals surface area contributed by atoms with Gasteiger partial charge >= 0.3 is 0 Å². The Balaban J connectivity index is 1.36. The largest absolute Gasteiger partial charge is 0.256 e. The van der Waals surface area contributed by atoms with Crippen LogP contribution in [-0.2, 0) is 0 Å². The summed E-state index contributed by atoms with van der Waals surface area (Å²) in [7, 11) is 0. The Labute approximate surface area is 254 Å². The molecule has 6 nitrogen and oxygen atoms in total. The van der Waals surface area contributed by atoms with Crippen LogP contribution in [0.15, 0.2) is 121 Å². The number of aryl methyl sites for hydroxylation is 2. The van der Waals surface area contributed by atoms with Crippen molar-refractivity contribution in [1.82, 2.24) is 29.9 Å². The second-order valence-corrected chi connectivity index (χ2v) is 10.9. The van der Waals surface area contributed by atoms with Crippen molar-refractivity contribution in [3.63, 3.8) is 0 Å². The molecule has 4 aromatic carbocycles. The van der Waals surface area contributed by atoms with Crippen LogP contribution in [0, 0.1) is 13.8 Å². The maximum absolute atomic E-state index is 5.10. The summed E-state index contributed by atoms with van der Waals surface area (Å²) in [5.41, 5.74) is 9.33. The SMILES string of the molecule is Cc1ccc2ccc3c(-c4nc(-c5ccccc5)nc(-c5cccc(-c6cccc7cccnc67)c5)n4)cc(C)nc3c2n1. The van der Waals surface area contributed by atoms with Gasteiger partial charge in [-0.1, -0.05) is 91.0 Å². The first-order chi connectivity index (χ1) is 21.6. The van der Waals surface area contributed by atoms with E-state index in [9.17, 15) is 0 Å². The van der Waals surface area contributed by atoms with Crippen LogP contribution in [-0.4, -0.2) is 29.9 Å². The van der Waals surface area contributed by atoms with E-state index in [0.717, 1.165) is 71.9 Å². The van der Waals surface area contributed by atoms with Gasteiger partial charge in [-0.3, -0.25) is 15.0 Å². The second kappa shape index (κ2) is 10.4. The molecule has 4 aromatic heterocycles. The topological polar surface area (TPSA) is 77.3 Å². The van der Waals surface area contributed by atoms with E-state index >= 15 is 0 Å². The van der Waals surface area contributed by atoms with E-state index in [0.29, 0.717) is 17.5 Å². The molecule has 0 aliphatic heterocycles. The van der Waals surface area contributed by atoms with Crippen LogP contribution in [0.1, 0.15) is 11.4 Å². The molecule has 0 bridgehead atoms. The van der Waals surface area contributed by atoms with Crippen LogP contribution in [0.25, 0.3) is 78.0 Å². The maximum Gasteiger partial charge on any atom is 0.164 e. The third-order valence-electron chi connectivity index (χ3n) is 7.88. The van der Waals surface area contributed by atoms with Crippen molar-refractivity contribution < 1.29 is 0 Å². The highest BCUT2D eigenvalue weighted by Crippen LogP contribution is 2.34. The van der Waals surface area contributed by atoms with E-state index in [-0.39, 0.29) is 0 Å². The predicted molar refractivity (Wildman–Crippen MR) is 177 cm³/mol. The molecule has 8 aromatic rings. The zero-order chi connectivity index (χ0) is 29.6. The van der Waals surface area contributed by atoms with Crippen molar-refractivity contribution >= 4 is 32.7 Å². The van der Waals surface area contributed by atoms with Crippen LogP contribution in [0.4, 0.5) is 0 Å². The van der Waals surface area contributed by atoms with Gasteiger partial charge < -0.3 is 0 Å². The molecule has 0 unspecified atom stereocenters. The summed E-state index contributed by atoms with van der Waals surface area (Å²) in [5.74, 6) is 1.80. The Bertz CT molecular complexity index is 2360. The Morgan fingerprint density at radius 3 is 1.98 bits per heavy atom. The number of fused-ring (bicyclic) bond motifs is 4. The summed E-state index contributed by atoms with van der Waals surface area (Å²) < 4.78 is 0. The van der Waals surface area contributed by atoms with E-state index < -0.39 is 0 Å². The molecule has 0 aliphatic rings. The standard InChI is InChI=1S/C38H26N6/c1-23-16-17-26-18-19-31-32(21-24(2)41-35(31)34(26)40-23)38-43-36(27-9-4-3-5-10-27)42-37(44-38)29-13-6-12-28(22-29)30-15-7-11-25-14-8-20-39-33(25)30/h3-22H,1-2H3. The van der Waals surface area contributed by atoms with Gasteiger partial charge in [-0.2, -0.15) is 0 Å². The molecule has 44 heavy (non-hydrogen) atoms. The van der Waals surface area contributed by atoms with Crippen LogP contribution >= 0.6 is 0 Å². The number of nitrogens with zero attached hydrogens (tertiary/aromatic N) is 6. The normalized spacial score (nSPS) is 11.4. The molecular weight excluding hydrogens is 540 g/mol. The highest BCUT2D eigenvalue weighted by molar-refractivity contribution is 6.07. The third-order valence-corrected chi connectivity index (χ3v) is 7.88. The lowest BCUT2D eigenvalue weighted by molar-refractivity contribution is 1.07. The fraction of sp³-hybridized carbons (Fsp3) is 0.0526. The number of para-hydroxylation sites is 1. The number of pyridine rings is 3.